The molecule has 1 unspecified atom stereocenters. The Bertz CT molecular complexity index is 600. The van der Waals surface area contributed by atoms with Crippen molar-refractivity contribution < 1.29 is 4.79 Å². The van der Waals surface area contributed by atoms with Crippen LogP contribution in [0.1, 0.15) is 11.1 Å². The van der Waals surface area contributed by atoms with Gasteiger partial charge >= 0.3 is 0 Å². The number of nitrogens with zero attached hydrogens (tertiary/aromatic N) is 1. The van der Waals surface area contributed by atoms with Crippen LogP contribution in [0.5, 0.6) is 0 Å². The molecule has 0 aliphatic carbocycles. The van der Waals surface area contributed by atoms with E-state index in [2.05, 4.69) is 15.6 Å². The Morgan fingerprint density at radius 2 is 2.05 bits per heavy atom. The van der Waals surface area contributed by atoms with Crippen molar-refractivity contribution in [2.75, 3.05) is 7.05 Å². The Hall–Kier alpha value is -2.69. The van der Waals surface area contributed by atoms with E-state index in [0.29, 0.717) is 6.42 Å². The largest absolute Gasteiger partial charge is 0.360 e. The summed E-state index contributed by atoms with van der Waals surface area (Å²) in [5.41, 5.74) is 0.735. The van der Waals surface area contributed by atoms with E-state index in [9.17, 15) is 4.79 Å². The molecule has 2 rings (SSSR count). The van der Waals surface area contributed by atoms with Crippen LogP contribution in [-0.2, 0) is 16.8 Å². The van der Waals surface area contributed by atoms with Gasteiger partial charge in [-0.05, 0) is 17.2 Å². The third-order valence-electron chi connectivity index (χ3n) is 3.29. The lowest BCUT2D eigenvalue weighted by molar-refractivity contribution is -0.113. The minimum Gasteiger partial charge on any atom is -0.360 e. The highest BCUT2D eigenvalue weighted by molar-refractivity contribution is 5.83. The van der Waals surface area contributed by atoms with Crippen LogP contribution in [0.3, 0.4) is 0 Å². The van der Waals surface area contributed by atoms with E-state index in [1.165, 1.54) is 0 Å². The lowest BCUT2D eigenvalue weighted by Crippen LogP contribution is -2.52. The Balaban J connectivity index is 2.41. The van der Waals surface area contributed by atoms with Gasteiger partial charge in [-0.15, -0.1) is 0 Å². The second-order valence-corrected chi connectivity index (χ2v) is 4.74. The van der Waals surface area contributed by atoms with E-state index in [-0.39, 0.29) is 5.96 Å². The smallest absolute Gasteiger partial charge is 0.189 e. The van der Waals surface area contributed by atoms with Crippen molar-refractivity contribution in [2.45, 2.75) is 12.0 Å². The molecule has 0 amide bonds. The predicted octanol–water partition coefficient (Wildman–Crippen LogP) is 1.46. The molecule has 0 bridgehead atoms. The lowest BCUT2D eigenvalue weighted by Gasteiger charge is -2.31. The average molecular weight is 282 g/mol. The highest BCUT2D eigenvalue weighted by Crippen LogP contribution is 2.23. The minimum atomic E-state index is -0.996. The van der Waals surface area contributed by atoms with Crippen molar-refractivity contribution in [3.63, 3.8) is 0 Å². The van der Waals surface area contributed by atoms with Crippen LogP contribution in [0.15, 0.2) is 54.9 Å². The third kappa shape index (κ3) is 3.45. The van der Waals surface area contributed by atoms with Crippen LogP contribution in [-0.4, -0.2) is 24.3 Å². The van der Waals surface area contributed by atoms with Crippen molar-refractivity contribution in [1.82, 2.24) is 15.6 Å². The fourth-order valence-electron chi connectivity index (χ4n) is 2.20. The van der Waals surface area contributed by atoms with Gasteiger partial charge in [0.15, 0.2) is 5.96 Å². The summed E-state index contributed by atoms with van der Waals surface area (Å²) in [5.74, 6) is 0.0924. The molecule has 3 N–H and O–H groups in total. The van der Waals surface area contributed by atoms with Gasteiger partial charge in [-0.2, -0.15) is 0 Å². The molecule has 5 heteroatoms. The quantitative estimate of drug-likeness (QED) is 0.441. The predicted molar refractivity (Wildman–Crippen MR) is 82.0 cm³/mol. The maximum atomic E-state index is 11.9. The van der Waals surface area contributed by atoms with Crippen LogP contribution in [0.25, 0.3) is 0 Å². The molecule has 1 heterocycles. The fourth-order valence-corrected chi connectivity index (χ4v) is 2.20. The SMILES string of the molecule is CNC(=N)NC(C=O)(Cc1cccnc1)c1ccccc1. The molecule has 0 saturated heterocycles. The topological polar surface area (TPSA) is 77.9 Å². The Morgan fingerprint density at radius 1 is 1.29 bits per heavy atom. The number of guanidine groups is 1. The first kappa shape index (κ1) is 14.7. The molecule has 0 aliphatic rings. The maximum absolute atomic E-state index is 11.9. The summed E-state index contributed by atoms with van der Waals surface area (Å²) in [6, 6.07) is 13.1. The number of nitrogens with one attached hydrogen (secondary N) is 3. The molecule has 0 aliphatic heterocycles. The summed E-state index contributed by atoms with van der Waals surface area (Å²) >= 11 is 0. The van der Waals surface area contributed by atoms with Crippen LogP contribution in [0.2, 0.25) is 0 Å². The van der Waals surface area contributed by atoms with Crippen LogP contribution in [0.4, 0.5) is 0 Å². The van der Waals surface area contributed by atoms with Gasteiger partial charge in [0.25, 0.3) is 0 Å². The second kappa shape index (κ2) is 6.65. The zero-order chi connectivity index (χ0) is 15.1. The van der Waals surface area contributed by atoms with E-state index in [0.717, 1.165) is 17.4 Å². The Kier molecular flexibility index (Phi) is 4.66. The normalized spacial score (nSPS) is 13.0. The van der Waals surface area contributed by atoms with E-state index >= 15 is 0 Å². The Morgan fingerprint density at radius 3 is 2.62 bits per heavy atom. The average Bonchev–Trinajstić information content (AvgIpc) is 2.55. The van der Waals surface area contributed by atoms with Crippen molar-refractivity contribution >= 4 is 12.2 Å². The van der Waals surface area contributed by atoms with Crippen molar-refractivity contribution in [2.24, 2.45) is 0 Å². The number of hydrogen-bond donors (Lipinski definition) is 3. The number of carbonyl (C=O) groups is 1. The Labute approximate surface area is 123 Å². The van der Waals surface area contributed by atoms with Gasteiger partial charge in [0, 0.05) is 25.9 Å². The van der Waals surface area contributed by atoms with Crippen molar-refractivity contribution in [3.8, 4) is 0 Å². The molecule has 2 aromatic rings. The van der Waals surface area contributed by atoms with Gasteiger partial charge < -0.3 is 15.4 Å². The first-order chi connectivity index (χ1) is 10.2. The third-order valence-corrected chi connectivity index (χ3v) is 3.29. The summed E-state index contributed by atoms with van der Waals surface area (Å²) in [5, 5.41) is 13.5. The summed E-state index contributed by atoms with van der Waals surface area (Å²) < 4.78 is 0. The molecular weight excluding hydrogens is 264 g/mol. The van der Waals surface area contributed by atoms with Crippen molar-refractivity contribution in [1.29, 1.82) is 5.41 Å². The zero-order valence-corrected chi connectivity index (χ0v) is 11.8. The van der Waals surface area contributed by atoms with E-state index < -0.39 is 5.54 Å². The molecular formula is C16H18N4O. The number of benzene rings is 1. The van der Waals surface area contributed by atoms with Gasteiger partial charge in [-0.25, -0.2) is 0 Å². The van der Waals surface area contributed by atoms with Gasteiger partial charge in [-0.1, -0.05) is 36.4 Å². The molecule has 1 aromatic heterocycles. The van der Waals surface area contributed by atoms with Crippen LogP contribution >= 0.6 is 0 Å². The number of aldehydes is 1. The van der Waals surface area contributed by atoms with Gasteiger partial charge in [-0.3, -0.25) is 10.4 Å². The molecule has 0 radical (unpaired) electrons. The molecule has 108 valence electrons. The zero-order valence-electron chi connectivity index (χ0n) is 11.8. The van der Waals surface area contributed by atoms with E-state index in [4.69, 9.17) is 5.41 Å². The number of rotatable bonds is 5. The first-order valence-electron chi connectivity index (χ1n) is 6.65. The number of pyridine rings is 1. The molecule has 0 fully saturated rings. The van der Waals surface area contributed by atoms with E-state index in [1.54, 1.807) is 19.4 Å². The fraction of sp³-hybridized carbons (Fsp3) is 0.188. The molecule has 0 saturated carbocycles. The standard InChI is InChI=1S/C16H18N4O/c1-18-15(17)20-16(12-21,14-7-3-2-4-8-14)10-13-6-5-9-19-11-13/h2-9,11-12H,10H2,1H3,(H3,17,18,20). The number of aromatic nitrogens is 1. The molecule has 1 atom stereocenters. The molecule has 0 spiro atoms. The van der Waals surface area contributed by atoms with Gasteiger partial charge in [0.2, 0.25) is 0 Å². The summed E-state index contributed by atoms with van der Waals surface area (Å²) in [6.45, 7) is 0. The van der Waals surface area contributed by atoms with Gasteiger partial charge in [0.05, 0.1) is 0 Å². The first-order valence-corrected chi connectivity index (χ1v) is 6.65. The minimum absolute atomic E-state index is 0.0924. The van der Waals surface area contributed by atoms with Crippen LogP contribution in [0, 0.1) is 5.41 Å². The van der Waals surface area contributed by atoms with E-state index in [1.807, 2.05) is 42.5 Å². The summed E-state index contributed by atoms with van der Waals surface area (Å²) in [4.78, 5) is 16.0. The second-order valence-electron chi connectivity index (χ2n) is 4.74. The number of hydrogen-bond acceptors (Lipinski definition) is 3. The summed E-state index contributed by atoms with van der Waals surface area (Å²) in [6.07, 6.45) is 4.68. The molecule has 1 aromatic carbocycles. The molecule has 21 heavy (non-hydrogen) atoms. The summed E-state index contributed by atoms with van der Waals surface area (Å²) in [7, 11) is 1.64. The van der Waals surface area contributed by atoms with Crippen LogP contribution < -0.4 is 10.6 Å². The lowest BCUT2D eigenvalue weighted by atomic mass is 9.85. The van der Waals surface area contributed by atoms with Crippen molar-refractivity contribution in [3.05, 3.63) is 66.0 Å². The monoisotopic (exact) mass is 282 g/mol. The number of carbonyl (C=O) groups excluding carboxylic acids is 1. The maximum Gasteiger partial charge on any atom is 0.189 e. The van der Waals surface area contributed by atoms with Gasteiger partial charge in [0.1, 0.15) is 11.8 Å². The molecule has 5 nitrogen and oxygen atoms in total. The highest BCUT2D eigenvalue weighted by Gasteiger charge is 2.33. The highest BCUT2D eigenvalue weighted by atomic mass is 16.1.